The first-order valence-electron chi connectivity index (χ1n) is 9.81. The molecule has 1 aliphatic rings. The molecule has 11 heteroatoms. The SMILES string of the molecule is COC(=O)c1ccc(CN2C(=O)N/C(=C\c3cc(Br)ccc3OCC(=O)OC(C)C)C2=O)o1. The lowest BCUT2D eigenvalue weighted by Gasteiger charge is -2.12. The molecule has 3 amide bonds. The van der Waals surface area contributed by atoms with Gasteiger partial charge in [0.1, 0.15) is 17.2 Å². The zero-order chi connectivity index (χ0) is 24.1. The van der Waals surface area contributed by atoms with Crippen LogP contribution in [0.5, 0.6) is 5.75 Å². The highest BCUT2D eigenvalue weighted by molar-refractivity contribution is 9.10. The molecule has 1 saturated heterocycles. The number of carbonyl (C=O) groups is 4. The molecule has 10 nitrogen and oxygen atoms in total. The third kappa shape index (κ3) is 6.01. The van der Waals surface area contributed by atoms with Crippen molar-refractivity contribution in [1.29, 1.82) is 0 Å². The predicted molar refractivity (Wildman–Crippen MR) is 118 cm³/mol. The van der Waals surface area contributed by atoms with Gasteiger partial charge in [0.05, 0.1) is 19.8 Å². The van der Waals surface area contributed by atoms with E-state index in [0.29, 0.717) is 15.8 Å². The Balaban J connectivity index is 1.77. The minimum absolute atomic E-state index is 0.00690. The van der Waals surface area contributed by atoms with Crippen molar-refractivity contribution >= 4 is 45.9 Å². The molecule has 0 unspecified atom stereocenters. The van der Waals surface area contributed by atoms with E-state index >= 15 is 0 Å². The molecule has 1 aliphatic heterocycles. The van der Waals surface area contributed by atoms with Crippen molar-refractivity contribution in [3.8, 4) is 5.75 Å². The van der Waals surface area contributed by atoms with Crippen LogP contribution >= 0.6 is 15.9 Å². The van der Waals surface area contributed by atoms with Gasteiger partial charge in [0.25, 0.3) is 5.91 Å². The molecule has 2 aromatic rings. The van der Waals surface area contributed by atoms with Gasteiger partial charge in [0.2, 0.25) is 5.76 Å². The van der Waals surface area contributed by atoms with Crippen LogP contribution in [0.4, 0.5) is 4.79 Å². The van der Waals surface area contributed by atoms with Crippen molar-refractivity contribution in [3.63, 3.8) is 0 Å². The quantitative estimate of drug-likeness (QED) is 0.319. The van der Waals surface area contributed by atoms with Crippen LogP contribution in [0.1, 0.15) is 35.7 Å². The Bertz CT molecular complexity index is 1120. The Morgan fingerprint density at radius 3 is 2.67 bits per heavy atom. The molecule has 2 heterocycles. The second kappa shape index (κ2) is 10.3. The van der Waals surface area contributed by atoms with Gasteiger partial charge in [0.15, 0.2) is 6.61 Å². The van der Waals surface area contributed by atoms with Crippen LogP contribution in [0.15, 0.2) is 44.9 Å². The summed E-state index contributed by atoms with van der Waals surface area (Å²) in [6, 6.07) is 7.22. The van der Waals surface area contributed by atoms with Crippen LogP contribution < -0.4 is 10.1 Å². The summed E-state index contributed by atoms with van der Waals surface area (Å²) in [5.41, 5.74) is 0.464. The summed E-state index contributed by atoms with van der Waals surface area (Å²) in [6.07, 6.45) is 1.17. The van der Waals surface area contributed by atoms with Gasteiger partial charge in [0, 0.05) is 10.0 Å². The van der Waals surface area contributed by atoms with Gasteiger partial charge in [-0.25, -0.2) is 14.4 Å². The first-order chi connectivity index (χ1) is 15.7. The molecule has 33 heavy (non-hydrogen) atoms. The highest BCUT2D eigenvalue weighted by Crippen LogP contribution is 2.27. The maximum atomic E-state index is 12.8. The van der Waals surface area contributed by atoms with E-state index in [2.05, 4.69) is 26.0 Å². The number of rotatable bonds is 8. The molecule has 0 aliphatic carbocycles. The molecule has 0 saturated carbocycles. The van der Waals surface area contributed by atoms with Crippen LogP contribution in [0, 0.1) is 0 Å². The third-order valence-corrected chi connectivity index (χ3v) is 4.80. The van der Waals surface area contributed by atoms with E-state index in [1.165, 1.54) is 25.3 Å². The molecule has 0 atom stereocenters. The smallest absolute Gasteiger partial charge is 0.373 e. The number of hydrogen-bond donors (Lipinski definition) is 1. The molecular formula is C22H21BrN2O8. The molecule has 1 aromatic heterocycles. The highest BCUT2D eigenvalue weighted by atomic mass is 79.9. The lowest BCUT2D eigenvalue weighted by Crippen LogP contribution is -2.30. The second-order valence-corrected chi connectivity index (χ2v) is 8.06. The summed E-state index contributed by atoms with van der Waals surface area (Å²) < 4.78 is 21.2. The fraction of sp³-hybridized carbons (Fsp3) is 0.273. The maximum absolute atomic E-state index is 12.8. The van der Waals surface area contributed by atoms with Crippen molar-refractivity contribution in [2.45, 2.75) is 26.5 Å². The molecule has 174 valence electrons. The van der Waals surface area contributed by atoms with Gasteiger partial charge in [-0.15, -0.1) is 0 Å². The van der Waals surface area contributed by atoms with Crippen LogP contribution in [0.2, 0.25) is 0 Å². The molecule has 0 bridgehead atoms. The summed E-state index contributed by atoms with van der Waals surface area (Å²) in [6.45, 7) is 2.96. The number of nitrogens with zero attached hydrogens (tertiary/aromatic N) is 1. The van der Waals surface area contributed by atoms with Crippen LogP contribution in [-0.2, 0) is 25.6 Å². The zero-order valence-corrected chi connectivity index (χ0v) is 19.6. The minimum atomic E-state index is -0.668. The van der Waals surface area contributed by atoms with E-state index in [1.54, 1.807) is 32.0 Å². The third-order valence-electron chi connectivity index (χ3n) is 4.31. The van der Waals surface area contributed by atoms with Crippen molar-refractivity contribution in [2.24, 2.45) is 0 Å². The monoisotopic (exact) mass is 520 g/mol. The topological polar surface area (TPSA) is 124 Å². The van der Waals surface area contributed by atoms with Gasteiger partial charge >= 0.3 is 18.0 Å². The number of methoxy groups -OCH3 is 1. The van der Waals surface area contributed by atoms with Crippen LogP contribution in [0.3, 0.4) is 0 Å². The maximum Gasteiger partial charge on any atom is 0.373 e. The number of esters is 2. The number of nitrogens with one attached hydrogen (secondary N) is 1. The number of hydrogen-bond acceptors (Lipinski definition) is 8. The van der Waals surface area contributed by atoms with Gasteiger partial charge in [-0.05, 0) is 50.3 Å². The predicted octanol–water partition coefficient (Wildman–Crippen LogP) is 3.25. The average molecular weight is 521 g/mol. The molecule has 3 rings (SSSR count). The Kier molecular flexibility index (Phi) is 7.54. The molecule has 1 fully saturated rings. The first kappa shape index (κ1) is 24.1. The first-order valence-corrected chi connectivity index (χ1v) is 10.6. The lowest BCUT2D eigenvalue weighted by atomic mass is 10.1. The Morgan fingerprint density at radius 2 is 1.97 bits per heavy atom. The van der Waals surface area contributed by atoms with Crippen LogP contribution in [0.25, 0.3) is 6.08 Å². The number of urea groups is 1. The van der Waals surface area contributed by atoms with E-state index in [4.69, 9.17) is 13.9 Å². The molecule has 1 aromatic carbocycles. The fourth-order valence-electron chi connectivity index (χ4n) is 2.90. The largest absolute Gasteiger partial charge is 0.481 e. The van der Waals surface area contributed by atoms with Crippen molar-refractivity contribution in [3.05, 3.63) is 57.6 Å². The number of amides is 3. The summed E-state index contributed by atoms with van der Waals surface area (Å²) in [4.78, 5) is 49.5. The number of halogens is 1. The van der Waals surface area contributed by atoms with Crippen molar-refractivity contribution in [1.82, 2.24) is 10.2 Å². The van der Waals surface area contributed by atoms with E-state index < -0.39 is 23.9 Å². The average Bonchev–Trinajstić information content (AvgIpc) is 3.33. The number of ether oxygens (including phenoxy) is 3. The molecule has 0 radical (unpaired) electrons. The number of benzene rings is 1. The zero-order valence-electron chi connectivity index (χ0n) is 18.0. The van der Waals surface area contributed by atoms with Crippen molar-refractivity contribution in [2.75, 3.05) is 13.7 Å². The van der Waals surface area contributed by atoms with E-state index in [9.17, 15) is 19.2 Å². The van der Waals surface area contributed by atoms with Crippen molar-refractivity contribution < 1.29 is 37.8 Å². The number of imide groups is 1. The number of carbonyl (C=O) groups excluding carboxylic acids is 4. The standard InChI is InChI=1S/C22H21BrN2O8/c1-12(2)32-19(26)11-31-17-6-4-14(23)8-13(17)9-16-20(27)25(22(29)24-16)10-15-5-7-18(33-15)21(28)30-3/h4-9,12H,10-11H2,1-3H3,(H,24,29)/b16-9-. The Morgan fingerprint density at radius 1 is 1.21 bits per heavy atom. The second-order valence-electron chi connectivity index (χ2n) is 7.15. The summed E-state index contributed by atoms with van der Waals surface area (Å²) in [5, 5.41) is 2.50. The fourth-order valence-corrected chi connectivity index (χ4v) is 3.28. The summed E-state index contributed by atoms with van der Waals surface area (Å²) >= 11 is 3.35. The molecular weight excluding hydrogens is 500 g/mol. The molecule has 1 N–H and O–H groups in total. The van der Waals surface area contributed by atoms with E-state index in [-0.39, 0.29) is 36.5 Å². The summed E-state index contributed by atoms with van der Waals surface area (Å²) in [5.74, 6) is -1.29. The summed E-state index contributed by atoms with van der Waals surface area (Å²) in [7, 11) is 1.21. The number of furan rings is 1. The Labute approximate surface area is 197 Å². The van der Waals surface area contributed by atoms with Crippen LogP contribution in [-0.4, -0.2) is 48.6 Å². The normalized spacial score (nSPS) is 14.6. The van der Waals surface area contributed by atoms with Gasteiger partial charge in [-0.2, -0.15) is 0 Å². The highest BCUT2D eigenvalue weighted by Gasteiger charge is 2.34. The Hall–Kier alpha value is -3.60. The van der Waals surface area contributed by atoms with E-state index in [0.717, 1.165) is 4.90 Å². The van der Waals surface area contributed by atoms with Gasteiger partial charge < -0.3 is 23.9 Å². The minimum Gasteiger partial charge on any atom is -0.481 e. The van der Waals surface area contributed by atoms with Gasteiger partial charge in [-0.1, -0.05) is 15.9 Å². The van der Waals surface area contributed by atoms with E-state index in [1.807, 2.05) is 0 Å². The lowest BCUT2D eigenvalue weighted by molar-refractivity contribution is -0.149. The van der Waals surface area contributed by atoms with Gasteiger partial charge in [-0.3, -0.25) is 9.69 Å². The molecule has 0 spiro atoms.